The van der Waals surface area contributed by atoms with Gasteiger partial charge in [0.15, 0.2) is 0 Å². The molecule has 1 aliphatic heterocycles. The van der Waals surface area contributed by atoms with Crippen molar-refractivity contribution in [2.24, 2.45) is 23.5 Å². The van der Waals surface area contributed by atoms with Crippen LogP contribution in [0.4, 0.5) is 0 Å². The highest BCUT2D eigenvalue weighted by Gasteiger charge is 2.38. The van der Waals surface area contributed by atoms with Gasteiger partial charge in [-0.15, -0.1) is 0 Å². The summed E-state index contributed by atoms with van der Waals surface area (Å²) in [6.45, 7) is 5.84. The molecular formula is C14H26N2O2. The summed E-state index contributed by atoms with van der Waals surface area (Å²) in [6.07, 6.45) is 2.86. The zero-order valence-electron chi connectivity index (χ0n) is 11.8. The lowest BCUT2D eigenvalue weighted by Gasteiger charge is -2.38. The maximum atomic E-state index is 12.6. The van der Waals surface area contributed by atoms with Crippen LogP contribution in [0.1, 0.15) is 33.1 Å². The van der Waals surface area contributed by atoms with Gasteiger partial charge in [0, 0.05) is 25.6 Å². The summed E-state index contributed by atoms with van der Waals surface area (Å²) in [6, 6.07) is 0.434. The highest BCUT2D eigenvalue weighted by atomic mass is 16.5. The first kappa shape index (κ1) is 13.8. The summed E-state index contributed by atoms with van der Waals surface area (Å²) in [5, 5.41) is 0. The Hall–Kier alpha value is -0.610. The summed E-state index contributed by atoms with van der Waals surface area (Å²) >= 11 is 0. The van der Waals surface area contributed by atoms with E-state index < -0.39 is 0 Å². The maximum absolute atomic E-state index is 12.6. The van der Waals surface area contributed by atoms with Crippen molar-refractivity contribution >= 4 is 5.91 Å². The maximum Gasteiger partial charge on any atom is 0.226 e. The zero-order chi connectivity index (χ0) is 13.3. The highest BCUT2D eigenvalue weighted by molar-refractivity contribution is 5.79. The summed E-state index contributed by atoms with van der Waals surface area (Å²) in [4.78, 5) is 14.5. The van der Waals surface area contributed by atoms with Crippen LogP contribution >= 0.6 is 0 Å². The fourth-order valence-corrected chi connectivity index (χ4v) is 3.30. The van der Waals surface area contributed by atoms with Crippen LogP contribution in [-0.4, -0.2) is 43.2 Å². The van der Waals surface area contributed by atoms with E-state index in [1.54, 1.807) is 0 Å². The fourth-order valence-electron chi connectivity index (χ4n) is 3.30. The van der Waals surface area contributed by atoms with Gasteiger partial charge in [0.05, 0.1) is 12.6 Å². The average molecular weight is 254 g/mol. The summed E-state index contributed by atoms with van der Waals surface area (Å²) in [7, 11) is 1.91. The largest absolute Gasteiger partial charge is 0.379 e. The van der Waals surface area contributed by atoms with Crippen molar-refractivity contribution in [1.29, 1.82) is 0 Å². The molecule has 0 aromatic rings. The van der Waals surface area contributed by atoms with Crippen LogP contribution in [0.2, 0.25) is 0 Å². The van der Waals surface area contributed by atoms with Gasteiger partial charge in [-0.05, 0) is 31.1 Å². The van der Waals surface area contributed by atoms with E-state index in [1.165, 1.54) is 0 Å². The highest BCUT2D eigenvalue weighted by Crippen LogP contribution is 2.34. The molecule has 104 valence electrons. The number of nitrogens with two attached hydrogens (primary N) is 1. The Labute approximate surface area is 110 Å². The molecule has 4 nitrogen and oxygen atoms in total. The smallest absolute Gasteiger partial charge is 0.226 e. The fraction of sp³-hybridized carbons (Fsp3) is 0.929. The number of carbonyl (C=O) groups is 1. The van der Waals surface area contributed by atoms with E-state index in [1.807, 2.05) is 11.9 Å². The van der Waals surface area contributed by atoms with Crippen LogP contribution in [0.5, 0.6) is 0 Å². The van der Waals surface area contributed by atoms with E-state index in [4.69, 9.17) is 10.5 Å². The lowest BCUT2D eigenvalue weighted by molar-refractivity contribution is -0.139. The minimum absolute atomic E-state index is 0.0989. The number of likely N-dealkylation sites (N-methyl/N-ethyl adjacent to an activating group) is 1. The van der Waals surface area contributed by atoms with Gasteiger partial charge in [0.2, 0.25) is 5.91 Å². The van der Waals surface area contributed by atoms with E-state index in [2.05, 4.69) is 13.8 Å². The number of amides is 1. The molecule has 0 radical (unpaired) electrons. The van der Waals surface area contributed by atoms with Gasteiger partial charge in [0.1, 0.15) is 0 Å². The van der Waals surface area contributed by atoms with Gasteiger partial charge in [0.25, 0.3) is 0 Å². The third-order valence-corrected chi connectivity index (χ3v) is 4.81. The van der Waals surface area contributed by atoms with Crippen molar-refractivity contribution in [2.45, 2.75) is 45.2 Å². The van der Waals surface area contributed by atoms with Crippen molar-refractivity contribution in [3.63, 3.8) is 0 Å². The number of rotatable bonds is 2. The Morgan fingerprint density at radius 2 is 2.00 bits per heavy atom. The standard InChI is InChI=1S/C14H26N2O2/c1-9-6-10(2)13(15)7-12(9)14(17)16(3)11-4-5-18-8-11/h9-13H,4-8,15H2,1-3H3. The third-order valence-electron chi connectivity index (χ3n) is 4.81. The Bertz CT molecular complexity index is 302. The third kappa shape index (κ3) is 2.69. The molecule has 5 atom stereocenters. The number of hydrogen-bond donors (Lipinski definition) is 1. The molecule has 0 aromatic carbocycles. The van der Waals surface area contributed by atoms with Crippen molar-refractivity contribution in [3.05, 3.63) is 0 Å². The van der Waals surface area contributed by atoms with Gasteiger partial charge in [-0.25, -0.2) is 0 Å². The lowest BCUT2D eigenvalue weighted by Crippen LogP contribution is -2.48. The topological polar surface area (TPSA) is 55.6 Å². The normalized spacial score (nSPS) is 40.8. The van der Waals surface area contributed by atoms with Crippen molar-refractivity contribution < 1.29 is 9.53 Å². The molecule has 0 spiro atoms. The van der Waals surface area contributed by atoms with Gasteiger partial charge >= 0.3 is 0 Å². The predicted molar refractivity (Wildman–Crippen MR) is 71.0 cm³/mol. The van der Waals surface area contributed by atoms with E-state index in [9.17, 15) is 4.79 Å². The zero-order valence-corrected chi connectivity index (χ0v) is 11.8. The second-order valence-electron chi connectivity index (χ2n) is 6.16. The van der Waals surface area contributed by atoms with Crippen molar-refractivity contribution in [3.8, 4) is 0 Å². The van der Waals surface area contributed by atoms with Crippen molar-refractivity contribution in [1.82, 2.24) is 4.90 Å². The van der Waals surface area contributed by atoms with Gasteiger partial charge in [-0.2, -0.15) is 0 Å². The molecule has 0 aromatic heterocycles. The summed E-state index contributed by atoms with van der Waals surface area (Å²) in [5.41, 5.74) is 6.13. The molecule has 2 N–H and O–H groups in total. The molecule has 5 unspecified atom stereocenters. The number of carbonyl (C=O) groups excluding carboxylic acids is 1. The van der Waals surface area contributed by atoms with Crippen LogP contribution in [-0.2, 0) is 9.53 Å². The predicted octanol–water partition coefficient (Wildman–Crippen LogP) is 1.24. The summed E-state index contributed by atoms with van der Waals surface area (Å²) < 4.78 is 5.36. The number of nitrogens with zero attached hydrogens (tertiary/aromatic N) is 1. The van der Waals surface area contributed by atoms with Gasteiger partial charge in [-0.3, -0.25) is 4.79 Å². The van der Waals surface area contributed by atoms with E-state index in [-0.39, 0.29) is 23.9 Å². The Kier molecular flexibility index (Phi) is 4.28. The van der Waals surface area contributed by atoms with Crippen LogP contribution in [0.15, 0.2) is 0 Å². The molecule has 1 saturated carbocycles. The molecule has 2 aliphatic rings. The van der Waals surface area contributed by atoms with Crippen LogP contribution in [0.3, 0.4) is 0 Å². The Morgan fingerprint density at radius 1 is 1.28 bits per heavy atom. The first-order valence-corrected chi connectivity index (χ1v) is 7.10. The van der Waals surface area contributed by atoms with Gasteiger partial charge in [-0.1, -0.05) is 13.8 Å². The molecule has 2 rings (SSSR count). The van der Waals surface area contributed by atoms with E-state index >= 15 is 0 Å². The number of hydrogen-bond acceptors (Lipinski definition) is 3. The second kappa shape index (κ2) is 5.57. The molecular weight excluding hydrogens is 228 g/mol. The van der Waals surface area contributed by atoms with E-state index in [0.717, 1.165) is 25.9 Å². The van der Waals surface area contributed by atoms with Crippen LogP contribution in [0.25, 0.3) is 0 Å². The first-order chi connectivity index (χ1) is 8.50. The first-order valence-electron chi connectivity index (χ1n) is 7.10. The minimum Gasteiger partial charge on any atom is -0.379 e. The molecule has 2 fully saturated rings. The van der Waals surface area contributed by atoms with Crippen molar-refractivity contribution in [2.75, 3.05) is 20.3 Å². The Morgan fingerprint density at radius 3 is 2.61 bits per heavy atom. The Balaban J connectivity index is 1.99. The molecule has 1 aliphatic carbocycles. The second-order valence-corrected chi connectivity index (χ2v) is 6.16. The van der Waals surface area contributed by atoms with Gasteiger partial charge < -0.3 is 15.4 Å². The minimum atomic E-state index is 0.0989. The molecule has 18 heavy (non-hydrogen) atoms. The number of ether oxygens (including phenoxy) is 1. The monoisotopic (exact) mass is 254 g/mol. The SMILES string of the molecule is CC1CC(C)C(C(=O)N(C)C2CCOC2)CC1N. The molecule has 1 heterocycles. The van der Waals surface area contributed by atoms with E-state index in [0.29, 0.717) is 18.4 Å². The lowest BCUT2D eigenvalue weighted by atomic mass is 9.72. The molecule has 1 saturated heterocycles. The average Bonchev–Trinajstić information content (AvgIpc) is 2.85. The molecule has 0 bridgehead atoms. The molecule has 1 amide bonds. The quantitative estimate of drug-likeness (QED) is 0.806. The summed E-state index contributed by atoms with van der Waals surface area (Å²) in [5.74, 6) is 1.34. The van der Waals surface area contributed by atoms with Crippen LogP contribution in [0, 0.1) is 17.8 Å². The molecule has 4 heteroatoms. The van der Waals surface area contributed by atoms with Crippen LogP contribution < -0.4 is 5.73 Å².